The molecule has 0 aromatic heterocycles. The molecule has 2 aromatic carbocycles. The number of fused-ring (bicyclic) bond motifs is 1. The minimum absolute atomic E-state index is 0.125. The lowest BCUT2D eigenvalue weighted by molar-refractivity contribution is 0.293. The van der Waals surface area contributed by atoms with E-state index in [1.807, 2.05) is 0 Å². The Hall–Kier alpha value is -1.85. The fourth-order valence-electron chi connectivity index (χ4n) is 2.42. The molecule has 0 aliphatic heterocycles. The van der Waals surface area contributed by atoms with Crippen molar-refractivity contribution in [1.82, 2.24) is 4.90 Å². The zero-order chi connectivity index (χ0) is 13.7. The second kappa shape index (κ2) is 6.36. The van der Waals surface area contributed by atoms with E-state index >= 15 is 0 Å². The third-order valence-electron chi connectivity index (χ3n) is 3.53. The number of hydrogen-bond donors (Lipinski definition) is 0. The fraction of sp³-hybridized carbons (Fsp3) is 0.353. The monoisotopic (exact) mass is 252 g/mol. The minimum atomic E-state index is 0.125. The van der Waals surface area contributed by atoms with Crippen LogP contribution in [0.2, 0.25) is 0 Å². The Kier molecular flexibility index (Phi) is 4.54. The lowest BCUT2D eigenvalue weighted by Gasteiger charge is -2.20. The van der Waals surface area contributed by atoms with E-state index in [2.05, 4.69) is 67.4 Å². The van der Waals surface area contributed by atoms with Crippen LogP contribution < -0.4 is 0 Å². The van der Waals surface area contributed by atoms with E-state index in [1.165, 1.54) is 16.3 Å². The van der Waals surface area contributed by atoms with Gasteiger partial charge in [0.2, 0.25) is 0 Å². The zero-order valence-corrected chi connectivity index (χ0v) is 11.6. The molecule has 0 bridgehead atoms. The molecule has 0 aliphatic rings. The predicted molar refractivity (Wildman–Crippen MR) is 79.7 cm³/mol. The molecule has 2 aromatic rings. The maximum Gasteiger partial charge on any atom is 0.0669 e. The zero-order valence-electron chi connectivity index (χ0n) is 11.6. The Morgan fingerprint density at radius 3 is 2.63 bits per heavy atom. The van der Waals surface area contributed by atoms with Crippen molar-refractivity contribution < 1.29 is 0 Å². The molecule has 2 rings (SSSR count). The van der Waals surface area contributed by atoms with Gasteiger partial charge in [-0.15, -0.1) is 0 Å². The van der Waals surface area contributed by atoms with E-state index in [1.54, 1.807) is 0 Å². The van der Waals surface area contributed by atoms with Crippen LogP contribution in [0.25, 0.3) is 10.8 Å². The molecule has 0 aliphatic carbocycles. The van der Waals surface area contributed by atoms with Crippen LogP contribution >= 0.6 is 0 Å². The Balaban J connectivity index is 2.15. The molecule has 98 valence electrons. The molecule has 1 unspecified atom stereocenters. The summed E-state index contributed by atoms with van der Waals surface area (Å²) in [5.74, 6) is 0.125. The third-order valence-corrected chi connectivity index (χ3v) is 3.53. The molecule has 0 saturated carbocycles. The maximum absolute atomic E-state index is 9.04. The lowest BCUT2D eigenvalue weighted by Crippen LogP contribution is -2.24. The Labute approximate surface area is 115 Å². The molecule has 19 heavy (non-hydrogen) atoms. The van der Waals surface area contributed by atoms with Crippen molar-refractivity contribution in [1.29, 1.82) is 5.26 Å². The molecule has 2 heteroatoms. The van der Waals surface area contributed by atoms with E-state index in [0.717, 1.165) is 19.5 Å². The quantitative estimate of drug-likeness (QED) is 0.808. The van der Waals surface area contributed by atoms with E-state index < -0.39 is 0 Å². The number of rotatable bonds is 5. The molecule has 0 radical (unpaired) electrons. The van der Waals surface area contributed by atoms with Gasteiger partial charge in [-0.05, 0) is 29.8 Å². The molecule has 0 heterocycles. The van der Waals surface area contributed by atoms with Crippen molar-refractivity contribution >= 4 is 10.8 Å². The summed E-state index contributed by atoms with van der Waals surface area (Å²) in [6.45, 7) is 3.79. The van der Waals surface area contributed by atoms with Gasteiger partial charge in [0.1, 0.15) is 0 Å². The standard InChI is InChI=1S/C17H20N2/c1-3-14(11-18)12-19(2)13-16-9-6-8-15-7-4-5-10-17(15)16/h4-10,14H,3,12-13H2,1-2H3. The smallest absolute Gasteiger partial charge is 0.0669 e. The minimum Gasteiger partial charge on any atom is -0.301 e. The van der Waals surface area contributed by atoms with E-state index in [4.69, 9.17) is 5.26 Å². The molecule has 0 N–H and O–H groups in total. The first-order valence-electron chi connectivity index (χ1n) is 6.79. The Morgan fingerprint density at radius 2 is 1.89 bits per heavy atom. The van der Waals surface area contributed by atoms with Gasteiger partial charge in [-0.1, -0.05) is 49.4 Å². The van der Waals surface area contributed by atoms with Gasteiger partial charge in [0.15, 0.2) is 0 Å². The molecule has 1 atom stereocenters. The summed E-state index contributed by atoms with van der Waals surface area (Å²) >= 11 is 0. The van der Waals surface area contributed by atoms with Crippen LogP contribution in [0.3, 0.4) is 0 Å². The summed E-state index contributed by atoms with van der Waals surface area (Å²) in [6, 6.07) is 17.2. The van der Waals surface area contributed by atoms with Crippen LogP contribution in [0.15, 0.2) is 42.5 Å². The predicted octanol–water partition coefficient (Wildman–Crippen LogP) is 3.82. The number of benzene rings is 2. The van der Waals surface area contributed by atoms with Gasteiger partial charge in [0.05, 0.1) is 12.0 Å². The molecule has 0 spiro atoms. The summed E-state index contributed by atoms with van der Waals surface area (Å²) in [5.41, 5.74) is 1.33. The van der Waals surface area contributed by atoms with E-state index in [-0.39, 0.29) is 5.92 Å². The molecular weight excluding hydrogens is 232 g/mol. The van der Waals surface area contributed by atoms with Crippen molar-refractivity contribution in [2.45, 2.75) is 19.9 Å². The van der Waals surface area contributed by atoms with Gasteiger partial charge >= 0.3 is 0 Å². The van der Waals surface area contributed by atoms with Crippen LogP contribution in [0, 0.1) is 17.2 Å². The molecule has 2 nitrogen and oxygen atoms in total. The fourth-order valence-corrected chi connectivity index (χ4v) is 2.42. The summed E-state index contributed by atoms with van der Waals surface area (Å²) in [5, 5.41) is 11.6. The third kappa shape index (κ3) is 3.33. The van der Waals surface area contributed by atoms with Gasteiger partial charge in [0.25, 0.3) is 0 Å². The average Bonchev–Trinajstić information content (AvgIpc) is 2.45. The van der Waals surface area contributed by atoms with Gasteiger partial charge in [0, 0.05) is 13.1 Å². The Morgan fingerprint density at radius 1 is 1.16 bits per heavy atom. The SMILES string of the molecule is CCC(C#N)CN(C)Cc1cccc2ccccc12. The first-order chi connectivity index (χ1) is 9.24. The average molecular weight is 252 g/mol. The second-order valence-electron chi connectivity index (χ2n) is 5.07. The van der Waals surface area contributed by atoms with Crippen LogP contribution in [0.5, 0.6) is 0 Å². The van der Waals surface area contributed by atoms with E-state index in [9.17, 15) is 0 Å². The highest BCUT2D eigenvalue weighted by Crippen LogP contribution is 2.20. The van der Waals surface area contributed by atoms with Crippen LogP contribution in [0.4, 0.5) is 0 Å². The first kappa shape index (κ1) is 13.6. The van der Waals surface area contributed by atoms with Crippen LogP contribution in [0.1, 0.15) is 18.9 Å². The Bertz CT molecular complexity index is 578. The first-order valence-corrected chi connectivity index (χ1v) is 6.79. The van der Waals surface area contributed by atoms with Gasteiger partial charge in [-0.2, -0.15) is 5.26 Å². The summed E-state index contributed by atoms with van der Waals surface area (Å²) in [7, 11) is 2.09. The number of nitriles is 1. The van der Waals surface area contributed by atoms with Gasteiger partial charge in [-0.3, -0.25) is 0 Å². The van der Waals surface area contributed by atoms with Gasteiger partial charge < -0.3 is 4.90 Å². The lowest BCUT2D eigenvalue weighted by atomic mass is 10.0. The van der Waals surface area contributed by atoms with Crippen molar-refractivity contribution in [3.63, 3.8) is 0 Å². The summed E-state index contributed by atoms with van der Waals surface area (Å²) < 4.78 is 0. The normalized spacial score (nSPS) is 12.5. The number of hydrogen-bond acceptors (Lipinski definition) is 2. The largest absolute Gasteiger partial charge is 0.301 e. The highest BCUT2D eigenvalue weighted by atomic mass is 15.1. The summed E-state index contributed by atoms with van der Waals surface area (Å²) in [4.78, 5) is 2.24. The van der Waals surface area contributed by atoms with Crippen LogP contribution in [-0.4, -0.2) is 18.5 Å². The van der Waals surface area contributed by atoms with Gasteiger partial charge in [-0.25, -0.2) is 0 Å². The van der Waals surface area contributed by atoms with Crippen molar-refractivity contribution in [2.24, 2.45) is 5.92 Å². The number of nitrogens with zero attached hydrogens (tertiary/aromatic N) is 2. The topological polar surface area (TPSA) is 27.0 Å². The van der Waals surface area contributed by atoms with Crippen molar-refractivity contribution in [3.05, 3.63) is 48.0 Å². The van der Waals surface area contributed by atoms with E-state index in [0.29, 0.717) is 0 Å². The highest BCUT2D eigenvalue weighted by molar-refractivity contribution is 5.85. The summed E-state index contributed by atoms with van der Waals surface area (Å²) in [6.07, 6.45) is 0.913. The van der Waals surface area contributed by atoms with Crippen LogP contribution in [-0.2, 0) is 6.54 Å². The van der Waals surface area contributed by atoms with Crippen molar-refractivity contribution in [3.8, 4) is 6.07 Å². The second-order valence-corrected chi connectivity index (χ2v) is 5.07. The molecular formula is C17H20N2. The molecule has 0 saturated heterocycles. The highest BCUT2D eigenvalue weighted by Gasteiger charge is 2.10. The maximum atomic E-state index is 9.04. The molecule has 0 fully saturated rings. The molecule has 0 amide bonds. The van der Waals surface area contributed by atoms with Crippen molar-refractivity contribution in [2.75, 3.05) is 13.6 Å².